The molecule has 0 unspecified atom stereocenters. The van der Waals surface area contributed by atoms with Crippen LogP contribution in [0.25, 0.3) is 0 Å². The van der Waals surface area contributed by atoms with Crippen LogP contribution in [0.4, 0.5) is 5.82 Å². The minimum Gasteiger partial charge on any atom is -0.465 e. The highest BCUT2D eigenvalue weighted by molar-refractivity contribution is 5.92. The van der Waals surface area contributed by atoms with Gasteiger partial charge in [0, 0.05) is 25.1 Å². The fourth-order valence-electron chi connectivity index (χ4n) is 3.31. The van der Waals surface area contributed by atoms with Crippen LogP contribution in [-0.4, -0.2) is 42.8 Å². The first-order valence-electron chi connectivity index (χ1n) is 8.11. The Labute approximate surface area is 139 Å². The lowest BCUT2D eigenvalue weighted by molar-refractivity contribution is 0.0599. The van der Waals surface area contributed by atoms with Gasteiger partial charge < -0.3 is 18.8 Å². The third-order valence-electron chi connectivity index (χ3n) is 4.58. The maximum absolute atomic E-state index is 12.3. The lowest BCUT2D eigenvalue weighted by atomic mass is 10.0. The van der Waals surface area contributed by atoms with Gasteiger partial charge in [0.15, 0.2) is 6.39 Å². The van der Waals surface area contributed by atoms with Crippen LogP contribution < -0.4 is 4.90 Å². The predicted molar refractivity (Wildman–Crippen MR) is 85.1 cm³/mol. The van der Waals surface area contributed by atoms with Gasteiger partial charge in [0.25, 0.3) is 0 Å². The fourth-order valence-corrected chi connectivity index (χ4v) is 3.31. The van der Waals surface area contributed by atoms with Crippen LogP contribution in [0.15, 0.2) is 16.9 Å². The Morgan fingerprint density at radius 1 is 1.25 bits per heavy atom. The molecule has 7 nitrogen and oxygen atoms in total. The zero-order chi connectivity index (χ0) is 16.5. The molecule has 0 aromatic carbocycles. The number of anilines is 1. The molecule has 4 rings (SSSR count). The first-order chi connectivity index (χ1) is 11.8. The minimum atomic E-state index is -0.323. The van der Waals surface area contributed by atoms with E-state index in [4.69, 9.17) is 18.9 Å². The second-order valence-corrected chi connectivity index (χ2v) is 5.95. The quantitative estimate of drug-likeness (QED) is 0.773. The third kappa shape index (κ3) is 2.65. The van der Waals surface area contributed by atoms with Gasteiger partial charge in [0.1, 0.15) is 17.3 Å². The summed E-state index contributed by atoms with van der Waals surface area (Å²) in [7, 11) is 1.41. The van der Waals surface area contributed by atoms with Gasteiger partial charge >= 0.3 is 5.97 Å². The molecule has 0 saturated carbocycles. The summed E-state index contributed by atoms with van der Waals surface area (Å²) in [5.41, 5.74) is 3.40. The average Bonchev–Trinajstić information content (AvgIpc) is 2.96. The van der Waals surface area contributed by atoms with Crippen LogP contribution in [0, 0.1) is 0 Å². The summed E-state index contributed by atoms with van der Waals surface area (Å²) < 4.78 is 15.9. The van der Waals surface area contributed by atoms with E-state index in [1.165, 1.54) is 13.5 Å². The van der Waals surface area contributed by atoms with Gasteiger partial charge in [-0.1, -0.05) is 0 Å². The summed E-state index contributed by atoms with van der Waals surface area (Å²) in [5.74, 6) is 1.39. The molecular weight excluding hydrogens is 310 g/mol. The van der Waals surface area contributed by atoms with Crippen molar-refractivity contribution in [2.45, 2.75) is 25.8 Å². The van der Waals surface area contributed by atoms with E-state index in [-0.39, 0.29) is 5.97 Å². The van der Waals surface area contributed by atoms with Gasteiger partial charge in [0.05, 0.1) is 32.4 Å². The van der Waals surface area contributed by atoms with E-state index in [2.05, 4.69) is 9.88 Å². The zero-order valence-corrected chi connectivity index (χ0v) is 13.6. The molecule has 0 bridgehead atoms. The van der Waals surface area contributed by atoms with E-state index >= 15 is 0 Å². The predicted octanol–water partition coefficient (Wildman–Crippen LogP) is 1.53. The van der Waals surface area contributed by atoms with E-state index in [0.717, 1.165) is 41.5 Å². The number of pyridine rings is 1. The molecule has 4 heterocycles. The number of hydrogen-bond donors (Lipinski definition) is 0. The Balaban J connectivity index is 1.73. The SMILES string of the molecule is COC(=O)c1cc(N2CCc3ocnc3C2)nc2c1CCOCC2. The molecule has 0 radical (unpaired) electrons. The molecule has 0 spiro atoms. The monoisotopic (exact) mass is 329 g/mol. The highest BCUT2D eigenvalue weighted by Crippen LogP contribution is 2.27. The normalized spacial score (nSPS) is 17.0. The van der Waals surface area contributed by atoms with Gasteiger partial charge in [0.2, 0.25) is 0 Å². The molecule has 0 amide bonds. The van der Waals surface area contributed by atoms with Crippen LogP contribution in [0.2, 0.25) is 0 Å². The molecule has 2 aliphatic rings. The molecule has 7 heteroatoms. The van der Waals surface area contributed by atoms with Crippen LogP contribution in [-0.2, 0) is 35.3 Å². The summed E-state index contributed by atoms with van der Waals surface area (Å²) in [5, 5.41) is 0. The topological polar surface area (TPSA) is 77.7 Å². The van der Waals surface area contributed by atoms with Gasteiger partial charge in [-0.2, -0.15) is 0 Å². The van der Waals surface area contributed by atoms with Crippen LogP contribution >= 0.6 is 0 Å². The van der Waals surface area contributed by atoms with Crippen molar-refractivity contribution in [2.24, 2.45) is 0 Å². The van der Waals surface area contributed by atoms with E-state index < -0.39 is 0 Å². The Hall–Kier alpha value is -2.41. The summed E-state index contributed by atoms with van der Waals surface area (Å²) in [6.07, 6.45) is 3.65. The maximum atomic E-state index is 12.3. The number of hydrogen-bond acceptors (Lipinski definition) is 7. The first-order valence-corrected chi connectivity index (χ1v) is 8.11. The summed E-state index contributed by atoms with van der Waals surface area (Å²) >= 11 is 0. The lowest BCUT2D eigenvalue weighted by Crippen LogP contribution is -2.31. The van der Waals surface area contributed by atoms with Crippen molar-refractivity contribution in [1.82, 2.24) is 9.97 Å². The molecule has 0 saturated heterocycles. The molecule has 0 N–H and O–H groups in total. The molecular formula is C17H19N3O4. The molecule has 2 aromatic rings. The van der Waals surface area contributed by atoms with Gasteiger partial charge in [-0.25, -0.2) is 14.8 Å². The number of aromatic nitrogens is 2. The summed E-state index contributed by atoms with van der Waals surface area (Å²) in [6, 6.07) is 1.83. The van der Waals surface area contributed by atoms with Crippen molar-refractivity contribution in [2.75, 3.05) is 31.8 Å². The number of carbonyl (C=O) groups excluding carboxylic acids is 1. The standard InChI is InChI=1S/C17H19N3O4/c1-22-17(21)12-8-16(19-13-4-7-23-6-3-11(12)13)20-5-2-15-14(9-20)18-10-24-15/h8,10H,2-7,9H2,1H3. The third-order valence-corrected chi connectivity index (χ3v) is 4.58. The van der Waals surface area contributed by atoms with Crippen molar-refractivity contribution in [3.05, 3.63) is 40.7 Å². The van der Waals surface area contributed by atoms with Crippen LogP contribution in [0.3, 0.4) is 0 Å². The molecule has 0 fully saturated rings. The molecule has 2 aliphatic heterocycles. The largest absolute Gasteiger partial charge is 0.465 e. The number of methoxy groups -OCH3 is 1. The van der Waals surface area contributed by atoms with Crippen molar-refractivity contribution in [1.29, 1.82) is 0 Å². The number of oxazole rings is 1. The van der Waals surface area contributed by atoms with E-state index in [9.17, 15) is 4.79 Å². The number of carbonyl (C=O) groups is 1. The van der Waals surface area contributed by atoms with E-state index in [1.54, 1.807) is 0 Å². The fraction of sp³-hybridized carbons (Fsp3) is 0.471. The Kier molecular flexibility index (Phi) is 3.93. The molecule has 0 atom stereocenters. The van der Waals surface area contributed by atoms with E-state index in [1.807, 2.05) is 6.07 Å². The highest BCUT2D eigenvalue weighted by atomic mass is 16.5. The first kappa shape index (κ1) is 15.1. The second kappa shape index (κ2) is 6.24. The highest BCUT2D eigenvalue weighted by Gasteiger charge is 2.25. The molecule has 126 valence electrons. The Morgan fingerprint density at radius 2 is 2.12 bits per heavy atom. The van der Waals surface area contributed by atoms with Gasteiger partial charge in [-0.05, 0) is 18.1 Å². The van der Waals surface area contributed by atoms with Gasteiger partial charge in [-0.3, -0.25) is 0 Å². The zero-order valence-electron chi connectivity index (χ0n) is 13.6. The average molecular weight is 329 g/mol. The van der Waals surface area contributed by atoms with E-state index in [0.29, 0.717) is 38.2 Å². The summed E-state index contributed by atoms with van der Waals surface area (Å²) in [6.45, 7) is 2.64. The lowest BCUT2D eigenvalue weighted by Gasteiger charge is -2.27. The van der Waals surface area contributed by atoms with Crippen LogP contribution in [0.5, 0.6) is 0 Å². The Bertz CT molecular complexity index is 771. The number of esters is 1. The second-order valence-electron chi connectivity index (χ2n) is 5.95. The van der Waals surface area contributed by atoms with Crippen molar-refractivity contribution in [3.8, 4) is 0 Å². The smallest absolute Gasteiger partial charge is 0.338 e. The number of fused-ring (bicyclic) bond motifs is 2. The van der Waals surface area contributed by atoms with Gasteiger partial charge in [-0.15, -0.1) is 0 Å². The van der Waals surface area contributed by atoms with Crippen LogP contribution in [0.1, 0.15) is 33.1 Å². The summed E-state index contributed by atoms with van der Waals surface area (Å²) in [4.78, 5) is 23.5. The maximum Gasteiger partial charge on any atom is 0.338 e. The molecule has 2 aromatic heterocycles. The number of ether oxygens (including phenoxy) is 2. The number of nitrogens with zero attached hydrogens (tertiary/aromatic N) is 3. The minimum absolute atomic E-state index is 0.323. The number of rotatable bonds is 2. The Morgan fingerprint density at radius 3 is 3.00 bits per heavy atom. The van der Waals surface area contributed by atoms with Crippen molar-refractivity contribution >= 4 is 11.8 Å². The van der Waals surface area contributed by atoms with Crippen molar-refractivity contribution in [3.63, 3.8) is 0 Å². The van der Waals surface area contributed by atoms with Crippen molar-refractivity contribution < 1.29 is 18.7 Å². The molecule has 24 heavy (non-hydrogen) atoms. The molecule has 0 aliphatic carbocycles.